The van der Waals surface area contributed by atoms with Crippen molar-refractivity contribution in [2.75, 3.05) is 19.6 Å². The molecule has 0 bridgehead atoms. The lowest BCUT2D eigenvalue weighted by atomic mass is 10.1. The number of rotatable bonds is 6. The zero-order valence-electron chi connectivity index (χ0n) is 11.4. The van der Waals surface area contributed by atoms with E-state index in [1.807, 2.05) is 6.08 Å². The average Bonchev–Trinajstić information content (AvgIpc) is 2.36. The predicted molar refractivity (Wildman–Crippen MR) is 79.1 cm³/mol. The second kappa shape index (κ2) is 8.34. The van der Waals surface area contributed by atoms with Gasteiger partial charge in [0, 0.05) is 19.6 Å². The molecule has 0 aliphatic carbocycles. The van der Waals surface area contributed by atoms with Crippen LogP contribution in [0.2, 0.25) is 0 Å². The Balaban J connectivity index is 2.47. The minimum Gasteiger partial charge on any atom is -0.357 e. The van der Waals surface area contributed by atoms with Gasteiger partial charge in [0.05, 0.1) is 0 Å². The Morgan fingerprint density at radius 1 is 1.39 bits per heavy atom. The molecule has 1 aromatic rings. The van der Waals surface area contributed by atoms with Crippen LogP contribution in [0.4, 0.5) is 0 Å². The number of benzene rings is 1. The number of nitrogens with one attached hydrogen (secondary N) is 2. The van der Waals surface area contributed by atoms with E-state index in [0.29, 0.717) is 0 Å². The molecule has 0 fully saturated rings. The van der Waals surface area contributed by atoms with E-state index in [2.05, 4.69) is 60.3 Å². The molecule has 0 spiro atoms. The van der Waals surface area contributed by atoms with Crippen LogP contribution in [-0.2, 0) is 6.42 Å². The highest BCUT2D eigenvalue weighted by atomic mass is 15.2. The van der Waals surface area contributed by atoms with Crippen LogP contribution in [0, 0.1) is 6.92 Å². The van der Waals surface area contributed by atoms with Crippen molar-refractivity contribution in [3.63, 3.8) is 0 Å². The van der Waals surface area contributed by atoms with Crippen molar-refractivity contribution in [2.45, 2.75) is 20.3 Å². The zero-order valence-corrected chi connectivity index (χ0v) is 11.4. The van der Waals surface area contributed by atoms with E-state index >= 15 is 0 Å². The number of nitrogens with zero attached hydrogens (tertiary/aromatic N) is 1. The van der Waals surface area contributed by atoms with Crippen LogP contribution >= 0.6 is 0 Å². The topological polar surface area (TPSA) is 36.4 Å². The largest absolute Gasteiger partial charge is 0.357 e. The Hall–Kier alpha value is -1.77. The highest BCUT2D eigenvalue weighted by molar-refractivity contribution is 5.79. The van der Waals surface area contributed by atoms with Gasteiger partial charge in [0.15, 0.2) is 5.96 Å². The molecule has 18 heavy (non-hydrogen) atoms. The van der Waals surface area contributed by atoms with Gasteiger partial charge in [-0.15, -0.1) is 6.58 Å². The number of aryl methyl sites for hydroxylation is 1. The summed E-state index contributed by atoms with van der Waals surface area (Å²) < 4.78 is 0. The molecular weight excluding hydrogens is 222 g/mol. The summed E-state index contributed by atoms with van der Waals surface area (Å²) in [5, 5.41) is 6.39. The standard InChI is InChI=1S/C15H23N3/c1-4-10-17-15(16-5-2)18-11-9-14-8-6-7-13(3)12-14/h4,6-8,12H,1,5,9-11H2,2-3H3,(H2,16,17,18). The molecule has 0 aromatic heterocycles. The molecule has 0 amide bonds. The minimum absolute atomic E-state index is 0.732. The second-order valence-electron chi connectivity index (χ2n) is 4.17. The van der Waals surface area contributed by atoms with Gasteiger partial charge in [0.25, 0.3) is 0 Å². The van der Waals surface area contributed by atoms with Gasteiger partial charge in [-0.2, -0.15) is 0 Å². The van der Waals surface area contributed by atoms with Gasteiger partial charge >= 0.3 is 0 Å². The van der Waals surface area contributed by atoms with Gasteiger partial charge in [-0.1, -0.05) is 35.9 Å². The summed E-state index contributed by atoms with van der Waals surface area (Å²) in [5.41, 5.74) is 2.63. The summed E-state index contributed by atoms with van der Waals surface area (Å²) in [6.45, 7) is 10.2. The van der Waals surface area contributed by atoms with Crippen LogP contribution in [0.3, 0.4) is 0 Å². The summed E-state index contributed by atoms with van der Waals surface area (Å²) in [4.78, 5) is 4.52. The second-order valence-corrected chi connectivity index (χ2v) is 4.17. The fourth-order valence-electron chi connectivity index (χ4n) is 1.68. The average molecular weight is 245 g/mol. The van der Waals surface area contributed by atoms with E-state index in [9.17, 15) is 0 Å². The van der Waals surface area contributed by atoms with Crippen LogP contribution in [0.15, 0.2) is 41.9 Å². The molecule has 2 N–H and O–H groups in total. The minimum atomic E-state index is 0.732. The molecule has 98 valence electrons. The third-order valence-electron chi connectivity index (χ3n) is 2.51. The molecule has 0 radical (unpaired) electrons. The van der Waals surface area contributed by atoms with Gasteiger partial charge in [-0.3, -0.25) is 4.99 Å². The summed E-state index contributed by atoms with van der Waals surface area (Å²) in [7, 11) is 0. The number of guanidine groups is 1. The monoisotopic (exact) mass is 245 g/mol. The van der Waals surface area contributed by atoms with Crippen molar-refractivity contribution in [1.82, 2.24) is 10.6 Å². The normalized spacial score (nSPS) is 11.1. The molecule has 0 aliphatic heterocycles. The summed E-state index contributed by atoms with van der Waals surface area (Å²) in [5.74, 6) is 0.852. The fraction of sp³-hybridized carbons (Fsp3) is 0.400. The first-order valence-electron chi connectivity index (χ1n) is 6.45. The highest BCUT2D eigenvalue weighted by Gasteiger charge is 1.96. The van der Waals surface area contributed by atoms with Crippen molar-refractivity contribution in [3.05, 3.63) is 48.0 Å². The molecule has 3 nitrogen and oxygen atoms in total. The van der Waals surface area contributed by atoms with Crippen LogP contribution in [-0.4, -0.2) is 25.6 Å². The first kappa shape index (κ1) is 14.3. The van der Waals surface area contributed by atoms with Gasteiger partial charge in [0.1, 0.15) is 0 Å². The van der Waals surface area contributed by atoms with Crippen LogP contribution in [0.1, 0.15) is 18.1 Å². The summed E-state index contributed by atoms with van der Waals surface area (Å²) >= 11 is 0. The van der Waals surface area contributed by atoms with Crippen LogP contribution < -0.4 is 10.6 Å². The van der Waals surface area contributed by atoms with Gasteiger partial charge < -0.3 is 10.6 Å². The maximum Gasteiger partial charge on any atom is 0.191 e. The Morgan fingerprint density at radius 2 is 2.22 bits per heavy atom. The molecular formula is C15H23N3. The Kier molecular flexibility index (Phi) is 6.62. The Labute approximate surface area is 110 Å². The Morgan fingerprint density at radius 3 is 2.89 bits per heavy atom. The fourth-order valence-corrected chi connectivity index (χ4v) is 1.68. The van der Waals surface area contributed by atoms with E-state index in [0.717, 1.165) is 32.0 Å². The molecule has 3 heteroatoms. The highest BCUT2D eigenvalue weighted by Crippen LogP contribution is 2.04. The first-order chi connectivity index (χ1) is 8.76. The number of hydrogen-bond acceptors (Lipinski definition) is 1. The van der Waals surface area contributed by atoms with Gasteiger partial charge in [0.2, 0.25) is 0 Å². The number of hydrogen-bond donors (Lipinski definition) is 2. The van der Waals surface area contributed by atoms with Crippen LogP contribution in [0.25, 0.3) is 0 Å². The quantitative estimate of drug-likeness (QED) is 0.458. The molecule has 1 rings (SSSR count). The lowest BCUT2D eigenvalue weighted by Crippen LogP contribution is -2.37. The van der Waals surface area contributed by atoms with Crippen molar-refractivity contribution in [1.29, 1.82) is 0 Å². The van der Waals surface area contributed by atoms with E-state index in [1.54, 1.807) is 0 Å². The zero-order chi connectivity index (χ0) is 13.2. The molecule has 0 unspecified atom stereocenters. The van der Waals surface area contributed by atoms with Crippen molar-refractivity contribution in [2.24, 2.45) is 4.99 Å². The lowest BCUT2D eigenvalue weighted by Gasteiger charge is -2.09. The third kappa shape index (κ3) is 5.53. The van der Waals surface area contributed by atoms with Gasteiger partial charge in [-0.05, 0) is 25.8 Å². The molecule has 0 saturated heterocycles. The van der Waals surface area contributed by atoms with E-state index < -0.39 is 0 Å². The van der Waals surface area contributed by atoms with Crippen molar-refractivity contribution in [3.8, 4) is 0 Å². The molecule has 0 saturated carbocycles. The molecule has 0 aliphatic rings. The first-order valence-corrected chi connectivity index (χ1v) is 6.45. The van der Waals surface area contributed by atoms with Crippen molar-refractivity contribution < 1.29 is 0 Å². The molecule has 0 atom stereocenters. The SMILES string of the molecule is C=CCNC(=NCCc1cccc(C)c1)NCC. The smallest absolute Gasteiger partial charge is 0.191 e. The van der Waals surface area contributed by atoms with E-state index in [1.165, 1.54) is 11.1 Å². The maximum absolute atomic E-state index is 4.52. The maximum atomic E-state index is 4.52. The predicted octanol–water partition coefficient (Wildman–Crippen LogP) is 2.28. The molecule has 0 heterocycles. The van der Waals surface area contributed by atoms with E-state index in [4.69, 9.17) is 0 Å². The number of aliphatic imine (C=N–C) groups is 1. The lowest BCUT2D eigenvalue weighted by molar-refractivity contribution is 0.851. The van der Waals surface area contributed by atoms with Gasteiger partial charge in [-0.25, -0.2) is 0 Å². The van der Waals surface area contributed by atoms with Crippen molar-refractivity contribution >= 4 is 5.96 Å². The third-order valence-corrected chi connectivity index (χ3v) is 2.51. The van der Waals surface area contributed by atoms with E-state index in [-0.39, 0.29) is 0 Å². The summed E-state index contributed by atoms with van der Waals surface area (Å²) in [6, 6.07) is 8.56. The summed E-state index contributed by atoms with van der Waals surface area (Å²) in [6.07, 6.45) is 2.79. The van der Waals surface area contributed by atoms with Crippen LogP contribution in [0.5, 0.6) is 0 Å². The Bertz CT molecular complexity index is 396. The molecule has 1 aromatic carbocycles.